The minimum absolute atomic E-state index is 0.759. The number of benzene rings is 1. The van der Waals surface area contributed by atoms with Gasteiger partial charge in [0.25, 0.3) is 0 Å². The summed E-state index contributed by atoms with van der Waals surface area (Å²) in [6.45, 7) is 14.7. The van der Waals surface area contributed by atoms with E-state index in [1.165, 1.54) is 10.4 Å². The lowest BCUT2D eigenvalue weighted by Crippen LogP contribution is -2.55. The van der Waals surface area contributed by atoms with Crippen LogP contribution < -0.4 is 5.19 Å². The second kappa shape index (κ2) is 6.49. The maximum atomic E-state index is 2.44. The molecule has 0 aliphatic heterocycles. The van der Waals surface area contributed by atoms with E-state index < -0.39 is 8.07 Å². The number of hydrogen-bond donors (Lipinski definition) is 0. The normalized spacial score (nSPS) is 12.6. The van der Waals surface area contributed by atoms with Crippen molar-refractivity contribution < 1.29 is 0 Å². The zero-order chi connectivity index (χ0) is 15.6. The Labute approximate surface area is 135 Å². The molecule has 1 heterocycles. The van der Waals surface area contributed by atoms with E-state index in [1.54, 1.807) is 5.19 Å². The molecule has 0 aliphatic rings. The summed E-state index contributed by atoms with van der Waals surface area (Å²) in [5.74, 6) is 0. The van der Waals surface area contributed by atoms with Gasteiger partial charge in [-0.15, -0.1) is 11.3 Å². The van der Waals surface area contributed by atoms with Gasteiger partial charge in [-0.05, 0) is 32.8 Å². The quantitative estimate of drug-likeness (QED) is 0.568. The molecule has 0 saturated heterocycles. The van der Waals surface area contributed by atoms with Crippen molar-refractivity contribution in [2.45, 2.75) is 58.2 Å². The second-order valence-electron chi connectivity index (χ2n) is 6.93. The highest BCUT2D eigenvalue weighted by Gasteiger charge is 2.45. The first-order valence-electron chi connectivity index (χ1n) is 8.05. The molecule has 0 fully saturated rings. The molecule has 0 N–H and O–H groups in total. The van der Waals surface area contributed by atoms with Crippen LogP contribution in [0.3, 0.4) is 0 Å². The molecular weight excluding hydrogens is 288 g/mol. The van der Waals surface area contributed by atoms with Crippen LogP contribution in [0.1, 0.15) is 41.5 Å². The third kappa shape index (κ3) is 2.76. The van der Waals surface area contributed by atoms with Gasteiger partial charge in [0, 0.05) is 4.88 Å². The Balaban J connectivity index is 2.66. The smallest absolute Gasteiger partial charge is 0.0961 e. The van der Waals surface area contributed by atoms with Crippen LogP contribution in [0.4, 0.5) is 0 Å². The van der Waals surface area contributed by atoms with E-state index in [-0.39, 0.29) is 0 Å². The lowest BCUT2D eigenvalue weighted by molar-refractivity contribution is 0.835. The van der Waals surface area contributed by atoms with Crippen LogP contribution in [-0.2, 0) is 0 Å². The molecule has 1 aromatic heterocycles. The Kier molecular flexibility index (Phi) is 5.10. The highest BCUT2D eigenvalue weighted by molar-refractivity contribution is 7.17. The molecule has 1 aromatic carbocycles. The summed E-state index contributed by atoms with van der Waals surface area (Å²) in [4.78, 5) is 1.51. The Morgan fingerprint density at radius 3 is 1.76 bits per heavy atom. The lowest BCUT2D eigenvalue weighted by Gasteiger charge is -2.43. The molecule has 2 heteroatoms. The molecule has 0 atom stereocenters. The Bertz CT molecular complexity index is 544. The van der Waals surface area contributed by atoms with Crippen molar-refractivity contribution in [3.8, 4) is 10.4 Å². The molecule has 114 valence electrons. The van der Waals surface area contributed by atoms with Gasteiger partial charge in [-0.3, -0.25) is 0 Å². The molecule has 0 unspecified atom stereocenters. The van der Waals surface area contributed by atoms with Crippen LogP contribution in [0, 0.1) is 0 Å². The highest BCUT2D eigenvalue weighted by Crippen LogP contribution is 2.43. The zero-order valence-electron chi connectivity index (χ0n) is 14.2. The van der Waals surface area contributed by atoms with Crippen molar-refractivity contribution in [2.75, 3.05) is 0 Å². The topological polar surface area (TPSA) is 0 Å². The van der Waals surface area contributed by atoms with Crippen LogP contribution in [0.5, 0.6) is 0 Å². The average Bonchev–Trinajstić information content (AvgIpc) is 2.88. The fourth-order valence-electron chi connectivity index (χ4n) is 4.40. The van der Waals surface area contributed by atoms with E-state index in [1.807, 2.05) is 11.3 Å². The number of rotatable bonds is 5. The molecule has 0 radical (unpaired) electrons. The predicted octanol–water partition coefficient (Wildman–Crippen LogP) is 6.30. The van der Waals surface area contributed by atoms with Crippen molar-refractivity contribution in [3.63, 3.8) is 0 Å². The summed E-state index contributed by atoms with van der Waals surface area (Å²) in [7, 11) is -1.57. The maximum Gasteiger partial charge on any atom is 0.0961 e. The molecule has 0 spiro atoms. The van der Waals surface area contributed by atoms with Gasteiger partial charge in [0.1, 0.15) is 0 Å². The number of hydrogen-bond acceptors (Lipinski definition) is 1. The van der Waals surface area contributed by atoms with Gasteiger partial charge in [-0.25, -0.2) is 0 Å². The fourth-order valence-corrected chi connectivity index (χ4v) is 12.8. The molecular formula is C19H28SSi. The van der Waals surface area contributed by atoms with Crippen molar-refractivity contribution in [2.24, 2.45) is 0 Å². The van der Waals surface area contributed by atoms with Gasteiger partial charge >= 0.3 is 0 Å². The van der Waals surface area contributed by atoms with E-state index in [9.17, 15) is 0 Å². The molecule has 0 amide bonds. The summed E-state index contributed by atoms with van der Waals surface area (Å²) < 4.78 is 0. The molecule has 2 rings (SSSR count). The summed E-state index contributed by atoms with van der Waals surface area (Å²) in [5.41, 5.74) is 3.67. The van der Waals surface area contributed by atoms with Gasteiger partial charge in [-0.1, -0.05) is 77.9 Å². The van der Waals surface area contributed by atoms with Gasteiger partial charge in [-0.2, -0.15) is 0 Å². The first-order chi connectivity index (χ1) is 9.92. The molecule has 0 nitrogen and oxygen atoms in total. The fraction of sp³-hybridized carbons (Fsp3) is 0.474. The summed E-state index contributed by atoms with van der Waals surface area (Å²) in [5, 5.41) is 3.98. The Hall–Kier alpha value is -0.863. The number of thiophene rings is 1. The zero-order valence-corrected chi connectivity index (χ0v) is 16.0. The van der Waals surface area contributed by atoms with Crippen molar-refractivity contribution in [1.82, 2.24) is 0 Å². The Morgan fingerprint density at radius 1 is 0.762 bits per heavy atom. The van der Waals surface area contributed by atoms with E-state index >= 15 is 0 Å². The van der Waals surface area contributed by atoms with Gasteiger partial charge < -0.3 is 0 Å². The first kappa shape index (κ1) is 16.5. The SMILES string of the molecule is CC(C)[Si](c1ccsc1-c1ccccc1)(C(C)C)C(C)C. The summed E-state index contributed by atoms with van der Waals surface area (Å²) in [6, 6.07) is 13.4. The minimum atomic E-state index is -1.57. The highest BCUT2D eigenvalue weighted by atomic mass is 32.1. The second-order valence-corrected chi connectivity index (χ2v) is 13.7. The average molecular weight is 317 g/mol. The van der Waals surface area contributed by atoms with Crippen LogP contribution in [0.15, 0.2) is 41.8 Å². The molecule has 0 aliphatic carbocycles. The van der Waals surface area contributed by atoms with Crippen molar-refractivity contribution >= 4 is 24.6 Å². The van der Waals surface area contributed by atoms with E-state index in [0.717, 1.165) is 16.6 Å². The Morgan fingerprint density at radius 2 is 1.29 bits per heavy atom. The van der Waals surface area contributed by atoms with Crippen LogP contribution in [-0.4, -0.2) is 8.07 Å². The summed E-state index contributed by atoms with van der Waals surface area (Å²) >= 11 is 1.92. The van der Waals surface area contributed by atoms with E-state index in [4.69, 9.17) is 0 Å². The van der Waals surface area contributed by atoms with Crippen molar-refractivity contribution in [3.05, 3.63) is 41.8 Å². The van der Waals surface area contributed by atoms with Crippen LogP contribution >= 0.6 is 11.3 Å². The molecule has 21 heavy (non-hydrogen) atoms. The van der Waals surface area contributed by atoms with E-state index in [0.29, 0.717) is 0 Å². The van der Waals surface area contributed by atoms with Gasteiger partial charge in [0.2, 0.25) is 0 Å². The predicted molar refractivity (Wildman–Crippen MR) is 100 cm³/mol. The largest absolute Gasteiger partial charge is 0.144 e. The minimum Gasteiger partial charge on any atom is -0.144 e. The summed E-state index contributed by atoms with van der Waals surface area (Å²) in [6.07, 6.45) is 0. The molecule has 0 bridgehead atoms. The standard InChI is InChI=1S/C19H28SSi/c1-14(2)21(15(3)4,16(5)6)18-12-13-20-19(18)17-10-8-7-9-11-17/h7-16H,1-6H3. The lowest BCUT2D eigenvalue weighted by atomic mass is 10.2. The third-order valence-corrected chi connectivity index (χ3v) is 13.3. The van der Waals surface area contributed by atoms with Gasteiger partial charge in [0.05, 0.1) is 8.07 Å². The van der Waals surface area contributed by atoms with Crippen molar-refractivity contribution in [1.29, 1.82) is 0 Å². The van der Waals surface area contributed by atoms with Crippen LogP contribution in [0.25, 0.3) is 10.4 Å². The first-order valence-corrected chi connectivity index (χ1v) is 11.2. The third-order valence-electron chi connectivity index (χ3n) is 5.03. The van der Waals surface area contributed by atoms with Gasteiger partial charge in [0.15, 0.2) is 0 Å². The monoisotopic (exact) mass is 316 g/mol. The molecule has 2 aromatic rings. The maximum absolute atomic E-state index is 2.44. The molecule has 0 saturated carbocycles. The van der Waals surface area contributed by atoms with E-state index in [2.05, 4.69) is 83.3 Å². The van der Waals surface area contributed by atoms with Crippen LogP contribution in [0.2, 0.25) is 16.6 Å².